The van der Waals surface area contributed by atoms with E-state index in [0.717, 1.165) is 38.9 Å². The Morgan fingerprint density at radius 3 is 1.96 bits per heavy atom. The first kappa shape index (κ1) is 17.2. The van der Waals surface area contributed by atoms with Gasteiger partial charge in [0.05, 0.1) is 6.10 Å². The molecule has 0 aliphatic carbocycles. The molecule has 0 bridgehead atoms. The van der Waals surface area contributed by atoms with E-state index in [1.54, 1.807) is 0 Å². The van der Waals surface area contributed by atoms with E-state index in [-0.39, 0.29) is 12.7 Å². The zero-order chi connectivity index (χ0) is 16.6. The van der Waals surface area contributed by atoms with Gasteiger partial charge in [-0.05, 0) is 30.4 Å². The Bertz CT molecular complexity index is 540. The van der Waals surface area contributed by atoms with Gasteiger partial charge in [-0.3, -0.25) is 0 Å². The molecular weight excluding hydrogens is 298 g/mol. The van der Waals surface area contributed by atoms with Crippen molar-refractivity contribution >= 4 is 0 Å². The molecular formula is C21H27NO2. The van der Waals surface area contributed by atoms with Gasteiger partial charge in [0.1, 0.15) is 6.10 Å². The lowest BCUT2D eigenvalue weighted by molar-refractivity contribution is -0.0274. The van der Waals surface area contributed by atoms with Crippen molar-refractivity contribution in [2.45, 2.75) is 31.5 Å². The average molecular weight is 325 g/mol. The molecule has 1 aliphatic heterocycles. The smallest absolute Gasteiger partial charge is 0.108 e. The molecule has 0 radical (unpaired) electrons. The summed E-state index contributed by atoms with van der Waals surface area (Å²) in [5.74, 6) is 0. The van der Waals surface area contributed by atoms with Crippen molar-refractivity contribution < 1.29 is 9.84 Å². The monoisotopic (exact) mass is 325 g/mol. The van der Waals surface area contributed by atoms with Crippen LogP contribution in [-0.2, 0) is 4.74 Å². The maximum atomic E-state index is 8.97. The highest BCUT2D eigenvalue weighted by atomic mass is 16.5. The van der Waals surface area contributed by atoms with Crippen molar-refractivity contribution in [3.63, 3.8) is 0 Å². The van der Waals surface area contributed by atoms with E-state index in [1.807, 2.05) is 12.1 Å². The number of benzene rings is 2. The lowest BCUT2D eigenvalue weighted by Crippen LogP contribution is -2.38. The number of aliphatic hydroxyl groups excluding tert-OH is 1. The van der Waals surface area contributed by atoms with Crippen LogP contribution in [0.4, 0.5) is 0 Å². The van der Waals surface area contributed by atoms with Crippen molar-refractivity contribution in [2.24, 2.45) is 0 Å². The van der Waals surface area contributed by atoms with Gasteiger partial charge in [-0.2, -0.15) is 0 Å². The van der Waals surface area contributed by atoms with Crippen molar-refractivity contribution in [3.8, 4) is 0 Å². The fourth-order valence-electron chi connectivity index (χ4n) is 3.36. The van der Waals surface area contributed by atoms with E-state index in [0.29, 0.717) is 6.10 Å². The molecule has 128 valence electrons. The Balaban J connectivity index is 1.65. The highest BCUT2D eigenvalue weighted by Gasteiger charge is 2.24. The molecule has 2 aromatic carbocycles. The van der Waals surface area contributed by atoms with E-state index in [4.69, 9.17) is 9.84 Å². The van der Waals surface area contributed by atoms with Crippen LogP contribution in [0, 0.1) is 0 Å². The molecule has 0 aromatic heterocycles. The quantitative estimate of drug-likeness (QED) is 0.843. The third-order valence-corrected chi connectivity index (χ3v) is 4.70. The molecule has 1 fully saturated rings. The van der Waals surface area contributed by atoms with E-state index < -0.39 is 0 Å². The molecule has 0 amide bonds. The van der Waals surface area contributed by atoms with Crippen LogP contribution in [0.1, 0.15) is 36.5 Å². The number of ether oxygens (including phenoxy) is 1. The number of nitrogens with zero attached hydrogens (tertiary/aromatic N) is 1. The van der Waals surface area contributed by atoms with Crippen LogP contribution in [0.25, 0.3) is 0 Å². The summed E-state index contributed by atoms with van der Waals surface area (Å²) in [5.41, 5.74) is 2.43. The first-order valence-electron chi connectivity index (χ1n) is 8.95. The maximum absolute atomic E-state index is 8.97. The molecule has 3 rings (SSSR count). The van der Waals surface area contributed by atoms with E-state index in [9.17, 15) is 0 Å². The van der Waals surface area contributed by atoms with E-state index in [2.05, 4.69) is 53.4 Å². The van der Waals surface area contributed by atoms with Crippen LogP contribution in [0.5, 0.6) is 0 Å². The third kappa shape index (κ3) is 4.67. The molecule has 0 spiro atoms. The van der Waals surface area contributed by atoms with E-state index >= 15 is 0 Å². The second-order valence-electron chi connectivity index (χ2n) is 6.46. The molecule has 24 heavy (non-hydrogen) atoms. The van der Waals surface area contributed by atoms with Crippen LogP contribution in [0.2, 0.25) is 0 Å². The lowest BCUT2D eigenvalue weighted by Gasteiger charge is -2.34. The summed E-state index contributed by atoms with van der Waals surface area (Å²) in [5, 5.41) is 8.97. The molecule has 1 saturated heterocycles. The second kappa shape index (κ2) is 8.97. The number of rotatable bonds is 7. The first-order valence-corrected chi connectivity index (χ1v) is 8.95. The molecule has 1 N–H and O–H groups in total. The molecule has 2 aromatic rings. The minimum absolute atomic E-state index is 0.00129. The summed E-state index contributed by atoms with van der Waals surface area (Å²) in [6.45, 7) is 3.38. The van der Waals surface area contributed by atoms with Gasteiger partial charge in [0.15, 0.2) is 0 Å². The van der Waals surface area contributed by atoms with Crippen molar-refractivity contribution in [1.82, 2.24) is 4.90 Å². The zero-order valence-corrected chi connectivity index (χ0v) is 14.2. The van der Waals surface area contributed by atoms with Gasteiger partial charge in [-0.1, -0.05) is 60.7 Å². The van der Waals surface area contributed by atoms with Gasteiger partial charge in [-0.25, -0.2) is 0 Å². The van der Waals surface area contributed by atoms with Gasteiger partial charge < -0.3 is 14.7 Å². The minimum atomic E-state index is 0.00129. The number of hydrogen-bond acceptors (Lipinski definition) is 3. The third-order valence-electron chi connectivity index (χ3n) is 4.70. The van der Waals surface area contributed by atoms with Gasteiger partial charge in [-0.15, -0.1) is 0 Å². The van der Waals surface area contributed by atoms with Crippen LogP contribution in [0.3, 0.4) is 0 Å². The standard InChI is InChI=1S/C21H27NO2/c23-17-7-14-22-15-12-20(13-16-22)24-21(18-8-3-1-4-9-18)19-10-5-2-6-11-19/h1-6,8-11,20-21,23H,7,12-17H2. The van der Waals surface area contributed by atoms with Crippen LogP contribution < -0.4 is 0 Å². The van der Waals surface area contributed by atoms with Crippen LogP contribution in [0.15, 0.2) is 60.7 Å². The summed E-state index contributed by atoms with van der Waals surface area (Å²) < 4.78 is 6.54. The Hall–Kier alpha value is -1.68. The van der Waals surface area contributed by atoms with E-state index in [1.165, 1.54) is 11.1 Å². The number of piperidine rings is 1. The average Bonchev–Trinajstić information content (AvgIpc) is 2.67. The number of likely N-dealkylation sites (tertiary alicyclic amines) is 1. The van der Waals surface area contributed by atoms with Gasteiger partial charge in [0, 0.05) is 26.2 Å². The normalized spacial score (nSPS) is 16.6. The van der Waals surface area contributed by atoms with Crippen molar-refractivity contribution in [1.29, 1.82) is 0 Å². The topological polar surface area (TPSA) is 32.7 Å². The van der Waals surface area contributed by atoms with Crippen molar-refractivity contribution in [2.75, 3.05) is 26.2 Å². The Morgan fingerprint density at radius 2 is 1.46 bits per heavy atom. The fraction of sp³-hybridized carbons (Fsp3) is 0.429. The molecule has 0 saturated carbocycles. The minimum Gasteiger partial charge on any atom is -0.396 e. The molecule has 0 atom stereocenters. The number of aliphatic hydroxyl groups is 1. The summed E-state index contributed by atoms with van der Waals surface area (Å²) in [4.78, 5) is 2.43. The summed E-state index contributed by atoms with van der Waals surface area (Å²) in [6, 6.07) is 21.0. The summed E-state index contributed by atoms with van der Waals surface area (Å²) in [7, 11) is 0. The highest BCUT2D eigenvalue weighted by Crippen LogP contribution is 2.29. The Morgan fingerprint density at radius 1 is 0.917 bits per heavy atom. The predicted octanol–water partition coefficient (Wildman–Crippen LogP) is 3.64. The Kier molecular flexibility index (Phi) is 6.41. The SMILES string of the molecule is OCCCN1CCC(OC(c2ccccc2)c2ccccc2)CC1. The highest BCUT2D eigenvalue weighted by molar-refractivity contribution is 5.30. The Labute approximate surface area is 144 Å². The predicted molar refractivity (Wildman–Crippen MR) is 97.0 cm³/mol. The first-order chi connectivity index (χ1) is 11.9. The van der Waals surface area contributed by atoms with Crippen molar-refractivity contribution in [3.05, 3.63) is 71.8 Å². The van der Waals surface area contributed by atoms with Gasteiger partial charge >= 0.3 is 0 Å². The summed E-state index contributed by atoms with van der Waals surface area (Å²) >= 11 is 0. The molecule has 3 nitrogen and oxygen atoms in total. The summed E-state index contributed by atoms with van der Waals surface area (Å²) in [6.07, 6.45) is 3.27. The lowest BCUT2D eigenvalue weighted by atomic mass is 10.00. The van der Waals surface area contributed by atoms with Crippen LogP contribution >= 0.6 is 0 Å². The number of hydrogen-bond donors (Lipinski definition) is 1. The zero-order valence-electron chi connectivity index (χ0n) is 14.2. The molecule has 0 unspecified atom stereocenters. The fourth-order valence-corrected chi connectivity index (χ4v) is 3.36. The maximum Gasteiger partial charge on any atom is 0.108 e. The molecule has 3 heteroatoms. The largest absolute Gasteiger partial charge is 0.396 e. The second-order valence-corrected chi connectivity index (χ2v) is 6.46. The molecule has 1 aliphatic rings. The molecule has 1 heterocycles. The van der Waals surface area contributed by atoms with Gasteiger partial charge in [0.2, 0.25) is 0 Å². The van der Waals surface area contributed by atoms with Crippen LogP contribution in [-0.4, -0.2) is 42.4 Å². The van der Waals surface area contributed by atoms with Gasteiger partial charge in [0.25, 0.3) is 0 Å².